The number of pyridine rings is 1. The van der Waals surface area contributed by atoms with Crippen LogP contribution in [0.3, 0.4) is 0 Å². The van der Waals surface area contributed by atoms with Crippen LogP contribution in [0.4, 0.5) is 4.39 Å². The van der Waals surface area contributed by atoms with E-state index in [0.29, 0.717) is 24.8 Å². The lowest BCUT2D eigenvalue weighted by Crippen LogP contribution is -2.68. The molecule has 0 atom stereocenters. The van der Waals surface area contributed by atoms with Crippen LogP contribution in [-0.4, -0.2) is 16.1 Å². The first-order valence-corrected chi connectivity index (χ1v) is 5.82. The van der Waals surface area contributed by atoms with Crippen LogP contribution in [0.25, 0.3) is 0 Å². The van der Waals surface area contributed by atoms with Crippen molar-refractivity contribution in [2.45, 2.75) is 24.7 Å². The summed E-state index contributed by atoms with van der Waals surface area (Å²) in [7, 11) is 0. The van der Waals surface area contributed by atoms with E-state index in [1.54, 1.807) is 12.3 Å². The fraction of sp³-hybridized carbons (Fsp3) is 0.455. The molecule has 84 valence electrons. The first-order valence-electron chi connectivity index (χ1n) is 5.03. The van der Waals surface area contributed by atoms with Crippen LogP contribution in [0.2, 0.25) is 0 Å². The summed E-state index contributed by atoms with van der Waals surface area (Å²) in [5.41, 5.74) is -0.201. The molecule has 16 heavy (non-hydrogen) atoms. The van der Waals surface area contributed by atoms with Gasteiger partial charge in [0.15, 0.2) is 5.82 Å². The minimum atomic E-state index is -0.747. The minimum absolute atomic E-state index is 0.208. The second-order valence-corrected chi connectivity index (χ2v) is 5.61. The van der Waals surface area contributed by atoms with Crippen molar-refractivity contribution in [3.8, 4) is 0 Å². The van der Waals surface area contributed by atoms with Gasteiger partial charge in [-0.05, 0) is 46.8 Å². The normalized spacial score (nSPS) is 35.1. The smallest absolute Gasteiger partial charge is 0.309 e. The summed E-state index contributed by atoms with van der Waals surface area (Å²) in [6, 6.07) is 1.66. The van der Waals surface area contributed by atoms with E-state index in [1.807, 2.05) is 0 Å². The topological polar surface area (TPSA) is 50.2 Å². The standard InChI is InChI=1S/C11H9BrFNO2/c12-8-7(13)6(1-2-14-8)10-3-11(4-10,5-10)9(15)16/h1-2H,3-5H2,(H,15,16). The number of nitrogens with zero attached hydrogens (tertiary/aromatic N) is 1. The van der Waals surface area contributed by atoms with E-state index in [2.05, 4.69) is 20.9 Å². The molecule has 1 aromatic heterocycles. The summed E-state index contributed by atoms with van der Waals surface area (Å²) in [5, 5.41) is 9.00. The van der Waals surface area contributed by atoms with Gasteiger partial charge in [0.2, 0.25) is 0 Å². The summed E-state index contributed by atoms with van der Waals surface area (Å²) in [6.45, 7) is 0. The number of hydrogen-bond donors (Lipinski definition) is 1. The molecule has 3 aliphatic rings. The molecule has 3 fully saturated rings. The van der Waals surface area contributed by atoms with Gasteiger partial charge in [-0.3, -0.25) is 4.79 Å². The Kier molecular flexibility index (Phi) is 1.80. The maximum Gasteiger partial charge on any atom is 0.309 e. The molecule has 3 aliphatic carbocycles. The Balaban J connectivity index is 1.93. The Morgan fingerprint density at radius 1 is 1.50 bits per heavy atom. The van der Waals surface area contributed by atoms with Gasteiger partial charge < -0.3 is 5.11 Å². The van der Waals surface area contributed by atoms with Gasteiger partial charge in [-0.2, -0.15) is 0 Å². The molecular weight excluding hydrogens is 277 g/mol. The van der Waals surface area contributed by atoms with E-state index >= 15 is 0 Å². The SMILES string of the molecule is O=C(O)C12CC(c3ccnc(Br)c3F)(C1)C2. The monoisotopic (exact) mass is 285 g/mol. The number of aromatic nitrogens is 1. The highest BCUT2D eigenvalue weighted by atomic mass is 79.9. The second kappa shape index (κ2) is 2.83. The highest BCUT2D eigenvalue weighted by Crippen LogP contribution is 2.73. The minimum Gasteiger partial charge on any atom is -0.481 e. The average molecular weight is 286 g/mol. The number of carbonyl (C=O) groups is 1. The third-order valence-electron chi connectivity index (χ3n) is 3.90. The third kappa shape index (κ3) is 1.02. The lowest BCUT2D eigenvalue weighted by molar-refractivity contribution is -0.195. The van der Waals surface area contributed by atoms with E-state index in [9.17, 15) is 9.18 Å². The molecule has 3 nitrogen and oxygen atoms in total. The molecule has 2 bridgehead atoms. The molecule has 0 aliphatic heterocycles. The Morgan fingerprint density at radius 3 is 2.69 bits per heavy atom. The van der Waals surface area contributed by atoms with E-state index < -0.39 is 11.4 Å². The summed E-state index contributed by atoms with van der Waals surface area (Å²) >= 11 is 3.05. The molecule has 5 heteroatoms. The molecule has 3 saturated carbocycles. The summed E-state index contributed by atoms with van der Waals surface area (Å²) in [4.78, 5) is 14.8. The number of hydrogen-bond acceptors (Lipinski definition) is 2. The second-order valence-electron chi connectivity index (χ2n) is 4.86. The predicted octanol–water partition coefficient (Wildman–Crippen LogP) is 2.49. The lowest BCUT2D eigenvalue weighted by Gasteiger charge is -2.68. The van der Waals surface area contributed by atoms with Crippen LogP contribution >= 0.6 is 15.9 Å². The van der Waals surface area contributed by atoms with E-state index in [1.165, 1.54) is 0 Å². The Bertz CT molecular complexity index is 483. The lowest BCUT2D eigenvalue weighted by atomic mass is 9.33. The molecule has 0 unspecified atom stereocenters. The fourth-order valence-electron chi connectivity index (χ4n) is 3.13. The van der Waals surface area contributed by atoms with Crippen molar-refractivity contribution >= 4 is 21.9 Å². The van der Waals surface area contributed by atoms with Crippen molar-refractivity contribution in [2.75, 3.05) is 0 Å². The van der Waals surface area contributed by atoms with Gasteiger partial charge >= 0.3 is 5.97 Å². The summed E-state index contributed by atoms with van der Waals surface area (Å²) < 4.78 is 14.0. The number of rotatable bonds is 2. The zero-order valence-corrected chi connectivity index (χ0v) is 9.92. The summed E-state index contributed by atoms with van der Waals surface area (Å²) in [6.07, 6.45) is 3.23. The van der Waals surface area contributed by atoms with Gasteiger partial charge in [-0.15, -0.1) is 0 Å². The number of halogens is 2. The number of carboxylic acid groups (broad SMARTS) is 1. The highest BCUT2D eigenvalue weighted by molar-refractivity contribution is 9.10. The zero-order valence-electron chi connectivity index (χ0n) is 8.33. The molecule has 0 saturated heterocycles. The van der Waals surface area contributed by atoms with Gasteiger partial charge in [0, 0.05) is 11.6 Å². The van der Waals surface area contributed by atoms with Crippen LogP contribution in [0, 0.1) is 11.2 Å². The van der Waals surface area contributed by atoms with Crippen molar-refractivity contribution in [3.63, 3.8) is 0 Å². The fourth-order valence-corrected chi connectivity index (χ4v) is 3.46. The van der Waals surface area contributed by atoms with Crippen molar-refractivity contribution < 1.29 is 14.3 Å². The van der Waals surface area contributed by atoms with Crippen molar-refractivity contribution in [2.24, 2.45) is 5.41 Å². The molecule has 1 aromatic rings. The first kappa shape index (κ1) is 10.2. The zero-order chi connectivity index (χ0) is 11.6. The van der Waals surface area contributed by atoms with Gasteiger partial charge in [-0.25, -0.2) is 9.37 Å². The molecule has 4 rings (SSSR count). The van der Waals surface area contributed by atoms with Crippen LogP contribution in [-0.2, 0) is 10.2 Å². The number of aliphatic carboxylic acids is 1. The van der Waals surface area contributed by atoms with Crippen LogP contribution < -0.4 is 0 Å². The maximum absolute atomic E-state index is 13.8. The van der Waals surface area contributed by atoms with Gasteiger partial charge in [0.05, 0.1) is 5.41 Å². The molecule has 0 radical (unpaired) electrons. The Hall–Kier alpha value is -0.970. The van der Waals surface area contributed by atoms with Crippen LogP contribution in [0.5, 0.6) is 0 Å². The van der Waals surface area contributed by atoms with Crippen LogP contribution in [0.15, 0.2) is 16.9 Å². The van der Waals surface area contributed by atoms with Crippen LogP contribution in [0.1, 0.15) is 24.8 Å². The van der Waals surface area contributed by atoms with Gasteiger partial charge in [0.1, 0.15) is 4.60 Å². The van der Waals surface area contributed by atoms with Crippen molar-refractivity contribution in [1.29, 1.82) is 0 Å². The highest BCUT2D eigenvalue weighted by Gasteiger charge is 2.73. The van der Waals surface area contributed by atoms with E-state index in [0.717, 1.165) is 0 Å². The Morgan fingerprint density at radius 2 is 2.12 bits per heavy atom. The van der Waals surface area contributed by atoms with E-state index in [-0.39, 0.29) is 15.8 Å². The molecular formula is C11H9BrFNO2. The third-order valence-corrected chi connectivity index (χ3v) is 4.45. The quantitative estimate of drug-likeness (QED) is 0.850. The van der Waals surface area contributed by atoms with Crippen molar-refractivity contribution in [1.82, 2.24) is 4.98 Å². The largest absolute Gasteiger partial charge is 0.481 e. The van der Waals surface area contributed by atoms with Crippen molar-refractivity contribution in [3.05, 3.63) is 28.2 Å². The first-order chi connectivity index (χ1) is 7.49. The maximum atomic E-state index is 13.8. The van der Waals surface area contributed by atoms with Gasteiger partial charge in [0.25, 0.3) is 0 Å². The van der Waals surface area contributed by atoms with E-state index in [4.69, 9.17) is 5.11 Å². The average Bonchev–Trinajstić information content (AvgIpc) is 2.07. The Labute approximate surface area is 99.8 Å². The summed E-state index contributed by atoms with van der Waals surface area (Å²) in [5.74, 6) is -1.09. The molecule has 0 amide bonds. The molecule has 0 spiro atoms. The molecule has 1 N–H and O–H groups in total. The predicted molar refractivity (Wildman–Crippen MR) is 57.5 cm³/mol. The van der Waals surface area contributed by atoms with Gasteiger partial charge in [-0.1, -0.05) is 0 Å². The number of carboxylic acids is 1. The molecule has 0 aromatic carbocycles. The molecule has 1 heterocycles.